The van der Waals surface area contributed by atoms with E-state index in [-0.39, 0.29) is 11.7 Å². The van der Waals surface area contributed by atoms with Crippen molar-refractivity contribution >= 4 is 28.6 Å². The zero-order valence-corrected chi connectivity index (χ0v) is 10.5. The number of benzene rings is 1. The Kier molecular flexibility index (Phi) is 4.54. The van der Waals surface area contributed by atoms with Crippen LogP contribution in [0.5, 0.6) is 0 Å². The summed E-state index contributed by atoms with van der Waals surface area (Å²) in [5.41, 5.74) is 2.00. The molecule has 1 aromatic rings. The molecular formula is C11H14INO. The highest BCUT2D eigenvalue weighted by Gasteiger charge is 2.09. The first-order chi connectivity index (χ1) is 6.65. The van der Waals surface area contributed by atoms with Crippen LogP contribution in [0.2, 0.25) is 0 Å². The van der Waals surface area contributed by atoms with E-state index >= 15 is 0 Å². The van der Waals surface area contributed by atoms with E-state index in [1.54, 1.807) is 0 Å². The lowest BCUT2D eigenvalue weighted by atomic mass is 10.0. The summed E-state index contributed by atoms with van der Waals surface area (Å²) >= 11 is 2.11. The van der Waals surface area contributed by atoms with Gasteiger partial charge in [-0.3, -0.25) is 8.32 Å². The maximum Gasteiger partial charge on any atom is 0.165 e. The Labute approximate surface area is 98.6 Å². The molecule has 1 rings (SSSR count). The SMILES string of the molecule is CC(C)C(=O)c1ccc(CNI)cc1. The average Bonchev–Trinajstić information content (AvgIpc) is 2.18. The molecule has 0 radical (unpaired) electrons. The Bertz CT molecular complexity index is 306. The van der Waals surface area contributed by atoms with Crippen molar-refractivity contribution in [3.05, 3.63) is 35.4 Å². The van der Waals surface area contributed by atoms with Crippen molar-refractivity contribution in [1.82, 2.24) is 3.53 Å². The number of ketones is 1. The van der Waals surface area contributed by atoms with E-state index < -0.39 is 0 Å². The van der Waals surface area contributed by atoms with Gasteiger partial charge in [0.25, 0.3) is 0 Å². The predicted octanol–water partition coefficient (Wildman–Crippen LogP) is 2.96. The summed E-state index contributed by atoms with van der Waals surface area (Å²) in [5, 5.41) is 0. The molecule has 0 fully saturated rings. The Morgan fingerprint density at radius 3 is 2.36 bits per heavy atom. The van der Waals surface area contributed by atoms with Gasteiger partial charge < -0.3 is 0 Å². The standard InChI is InChI=1S/C11H14INO/c1-8(2)11(14)10-5-3-9(4-6-10)7-13-12/h3-6,8,13H,7H2,1-2H3. The predicted molar refractivity (Wildman–Crippen MR) is 66.5 cm³/mol. The van der Waals surface area contributed by atoms with E-state index in [9.17, 15) is 4.79 Å². The van der Waals surface area contributed by atoms with Crippen LogP contribution in [0.3, 0.4) is 0 Å². The quantitative estimate of drug-likeness (QED) is 0.526. The zero-order valence-electron chi connectivity index (χ0n) is 8.38. The second-order valence-electron chi connectivity index (χ2n) is 3.53. The highest BCUT2D eigenvalue weighted by Crippen LogP contribution is 2.10. The largest absolute Gasteiger partial charge is 0.294 e. The summed E-state index contributed by atoms with van der Waals surface area (Å²) in [5.74, 6) is 0.280. The molecule has 2 nitrogen and oxygen atoms in total. The normalized spacial score (nSPS) is 10.6. The van der Waals surface area contributed by atoms with Gasteiger partial charge in [0.2, 0.25) is 0 Å². The van der Waals surface area contributed by atoms with Crippen LogP contribution in [0.15, 0.2) is 24.3 Å². The molecule has 3 heteroatoms. The van der Waals surface area contributed by atoms with Crippen LogP contribution in [0, 0.1) is 5.92 Å². The van der Waals surface area contributed by atoms with Gasteiger partial charge in [-0.05, 0) is 5.56 Å². The van der Waals surface area contributed by atoms with Gasteiger partial charge in [0.05, 0.1) is 0 Å². The molecule has 1 N–H and O–H groups in total. The van der Waals surface area contributed by atoms with Gasteiger partial charge in [-0.25, -0.2) is 0 Å². The smallest absolute Gasteiger partial charge is 0.165 e. The Hall–Kier alpha value is -0.420. The van der Waals surface area contributed by atoms with Crippen LogP contribution < -0.4 is 3.53 Å². The molecular weight excluding hydrogens is 289 g/mol. The lowest BCUT2D eigenvalue weighted by molar-refractivity contribution is 0.0939. The molecule has 0 saturated carbocycles. The van der Waals surface area contributed by atoms with Crippen molar-refractivity contribution in [2.75, 3.05) is 0 Å². The highest BCUT2D eigenvalue weighted by atomic mass is 127. The molecule has 0 bridgehead atoms. The van der Waals surface area contributed by atoms with Crippen molar-refractivity contribution in [3.8, 4) is 0 Å². The number of hydrogen-bond donors (Lipinski definition) is 1. The number of halogens is 1. The van der Waals surface area contributed by atoms with Gasteiger partial charge in [-0.15, -0.1) is 0 Å². The van der Waals surface area contributed by atoms with Crippen LogP contribution in [0.25, 0.3) is 0 Å². The molecule has 0 spiro atoms. The van der Waals surface area contributed by atoms with Gasteiger partial charge in [0, 0.05) is 40.9 Å². The first kappa shape index (κ1) is 11.7. The minimum absolute atomic E-state index is 0.0727. The molecule has 1 aromatic carbocycles. The van der Waals surface area contributed by atoms with Crippen LogP contribution in [0.1, 0.15) is 29.8 Å². The third-order valence-corrected chi connectivity index (χ3v) is 2.42. The Morgan fingerprint density at radius 1 is 1.36 bits per heavy atom. The number of carbonyl (C=O) groups excluding carboxylic acids is 1. The lowest BCUT2D eigenvalue weighted by Crippen LogP contribution is -2.07. The minimum atomic E-state index is 0.0727. The van der Waals surface area contributed by atoms with E-state index in [0.29, 0.717) is 0 Å². The lowest BCUT2D eigenvalue weighted by Gasteiger charge is -2.05. The summed E-state index contributed by atoms with van der Waals surface area (Å²) in [6, 6.07) is 7.76. The van der Waals surface area contributed by atoms with Gasteiger partial charge in [-0.2, -0.15) is 0 Å². The fourth-order valence-corrected chi connectivity index (χ4v) is 1.64. The molecule has 0 heterocycles. The van der Waals surface area contributed by atoms with Gasteiger partial charge in [0.15, 0.2) is 5.78 Å². The topological polar surface area (TPSA) is 29.1 Å². The maximum absolute atomic E-state index is 11.6. The molecule has 0 atom stereocenters. The Balaban J connectivity index is 2.78. The van der Waals surface area contributed by atoms with Crippen molar-refractivity contribution in [2.45, 2.75) is 20.4 Å². The summed E-state index contributed by atoms with van der Waals surface area (Å²) in [6.07, 6.45) is 0. The minimum Gasteiger partial charge on any atom is -0.294 e. The molecule has 0 amide bonds. The molecule has 0 aliphatic rings. The number of carbonyl (C=O) groups is 1. The van der Waals surface area contributed by atoms with Crippen LogP contribution in [-0.4, -0.2) is 5.78 Å². The van der Waals surface area contributed by atoms with Crippen LogP contribution in [-0.2, 0) is 6.54 Å². The third-order valence-electron chi connectivity index (χ3n) is 2.03. The molecule has 14 heavy (non-hydrogen) atoms. The van der Waals surface area contributed by atoms with Gasteiger partial charge in [0.1, 0.15) is 0 Å². The monoisotopic (exact) mass is 303 g/mol. The van der Waals surface area contributed by atoms with E-state index in [2.05, 4.69) is 26.4 Å². The van der Waals surface area contributed by atoms with E-state index in [1.165, 1.54) is 5.56 Å². The fourth-order valence-electron chi connectivity index (χ4n) is 1.20. The van der Waals surface area contributed by atoms with Gasteiger partial charge >= 0.3 is 0 Å². The zero-order chi connectivity index (χ0) is 10.6. The second-order valence-corrected chi connectivity index (χ2v) is 4.29. The number of nitrogens with one attached hydrogen (secondary N) is 1. The number of Topliss-reactive ketones (excluding diaryl/α,β-unsaturated/α-hetero) is 1. The average molecular weight is 303 g/mol. The van der Waals surface area contributed by atoms with E-state index in [0.717, 1.165) is 12.1 Å². The van der Waals surface area contributed by atoms with Crippen LogP contribution >= 0.6 is 22.9 Å². The van der Waals surface area contributed by atoms with Crippen molar-refractivity contribution in [3.63, 3.8) is 0 Å². The first-order valence-corrected chi connectivity index (χ1v) is 5.69. The van der Waals surface area contributed by atoms with Gasteiger partial charge in [-0.1, -0.05) is 38.1 Å². The second kappa shape index (κ2) is 5.46. The molecule has 0 aromatic heterocycles. The van der Waals surface area contributed by atoms with Crippen molar-refractivity contribution < 1.29 is 4.79 Å². The molecule has 0 unspecified atom stereocenters. The first-order valence-electron chi connectivity index (χ1n) is 4.61. The van der Waals surface area contributed by atoms with Crippen molar-refractivity contribution in [1.29, 1.82) is 0 Å². The summed E-state index contributed by atoms with van der Waals surface area (Å²) in [4.78, 5) is 11.6. The third kappa shape index (κ3) is 3.06. The van der Waals surface area contributed by atoms with Crippen molar-refractivity contribution in [2.24, 2.45) is 5.92 Å². The highest BCUT2D eigenvalue weighted by molar-refractivity contribution is 14.1. The maximum atomic E-state index is 11.6. The molecule has 0 saturated heterocycles. The fraction of sp³-hybridized carbons (Fsp3) is 0.364. The summed E-state index contributed by atoms with van der Waals surface area (Å²) in [7, 11) is 0. The number of hydrogen-bond acceptors (Lipinski definition) is 2. The summed E-state index contributed by atoms with van der Waals surface area (Å²) < 4.78 is 3.04. The molecule has 0 aliphatic heterocycles. The molecule has 76 valence electrons. The van der Waals surface area contributed by atoms with E-state index in [1.807, 2.05) is 38.1 Å². The van der Waals surface area contributed by atoms with E-state index in [4.69, 9.17) is 0 Å². The summed E-state index contributed by atoms with van der Waals surface area (Å²) in [6.45, 7) is 4.67. The van der Waals surface area contributed by atoms with Crippen LogP contribution in [0.4, 0.5) is 0 Å². The number of rotatable bonds is 4. The Morgan fingerprint density at radius 2 is 1.93 bits per heavy atom. The molecule has 0 aliphatic carbocycles.